The maximum atomic E-state index is 12.7. The van der Waals surface area contributed by atoms with Crippen molar-refractivity contribution in [2.24, 2.45) is 0 Å². The number of rotatable bonds is 2. The molecule has 1 atom stereocenters. The number of amides is 1. The van der Waals surface area contributed by atoms with Crippen LogP contribution in [0.25, 0.3) is 0 Å². The Kier molecular flexibility index (Phi) is 3.88. The van der Waals surface area contributed by atoms with E-state index in [0.29, 0.717) is 22.9 Å². The van der Waals surface area contributed by atoms with Gasteiger partial charge in [0.15, 0.2) is 0 Å². The van der Waals surface area contributed by atoms with Crippen LogP contribution in [-0.2, 0) is 27.8 Å². The molecule has 0 fully saturated rings. The second-order valence-corrected chi connectivity index (χ2v) is 8.31. The first kappa shape index (κ1) is 15.9. The highest BCUT2D eigenvalue weighted by Gasteiger charge is 2.31. The summed E-state index contributed by atoms with van der Waals surface area (Å²) in [5, 5.41) is 7.59. The summed E-state index contributed by atoms with van der Waals surface area (Å²) in [5.74, 6) is 1.43. The largest absolute Gasteiger partial charge is 0.306 e. The zero-order valence-corrected chi connectivity index (χ0v) is 14.7. The lowest BCUT2D eigenvalue weighted by atomic mass is 10.1. The molecule has 5 nitrogen and oxygen atoms in total. The van der Waals surface area contributed by atoms with E-state index in [1.807, 2.05) is 50.6 Å². The fraction of sp³-hybridized carbons (Fsp3) is 0.412. The van der Waals surface area contributed by atoms with Crippen LogP contribution < -0.4 is 5.32 Å². The number of hydrogen-bond acceptors (Lipinski definition) is 3. The highest BCUT2D eigenvalue weighted by molar-refractivity contribution is 7.83. The molecule has 0 spiro atoms. The molecule has 122 valence electrons. The number of aromatic nitrogens is 2. The van der Waals surface area contributed by atoms with Crippen LogP contribution in [0.15, 0.2) is 24.3 Å². The van der Waals surface area contributed by atoms with Gasteiger partial charge in [-0.1, -0.05) is 18.2 Å². The summed E-state index contributed by atoms with van der Waals surface area (Å²) in [5.41, 5.74) is 3.03. The number of benzene rings is 1. The molecule has 2 heterocycles. The molecule has 2 aromatic rings. The Morgan fingerprint density at radius 2 is 1.96 bits per heavy atom. The van der Waals surface area contributed by atoms with Crippen molar-refractivity contribution in [2.75, 3.05) is 5.32 Å². The van der Waals surface area contributed by atoms with Crippen LogP contribution in [0, 0.1) is 6.92 Å². The SMILES string of the molecule is Cc1ccccc1C(=O)Nc1c2c(nn1C(C)(C)C)CS(=O)C2. The highest BCUT2D eigenvalue weighted by atomic mass is 32.2. The van der Waals surface area contributed by atoms with Gasteiger partial charge in [0.05, 0.1) is 22.7 Å². The van der Waals surface area contributed by atoms with Crippen LogP contribution in [0.3, 0.4) is 0 Å². The first-order valence-corrected chi connectivity index (χ1v) is 9.09. The molecule has 0 radical (unpaired) electrons. The second kappa shape index (κ2) is 5.60. The summed E-state index contributed by atoms with van der Waals surface area (Å²) >= 11 is 0. The van der Waals surface area contributed by atoms with Crippen molar-refractivity contribution in [3.8, 4) is 0 Å². The molecule has 1 aliphatic rings. The standard InChI is InChI=1S/C17H21N3O2S/c1-11-7-5-6-8-12(11)16(21)18-15-13-9-23(22)10-14(13)19-20(15)17(2,3)4/h5-8H,9-10H2,1-4H3,(H,18,21). The summed E-state index contributed by atoms with van der Waals surface area (Å²) < 4.78 is 13.7. The molecule has 0 bridgehead atoms. The van der Waals surface area contributed by atoms with Crippen molar-refractivity contribution in [3.05, 3.63) is 46.6 Å². The third kappa shape index (κ3) is 2.95. The zero-order valence-electron chi connectivity index (χ0n) is 13.8. The van der Waals surface area contributed by atoms with Gasteiger partial charge in [-0.25, -0.2) is 4.68 Å². The molecule has 1 unspecified atom stereocenters. The van der Waals surface area contributed by atoms with Gasteiger partial charge in [-0.2, -0.15) is 5.10 Å². The normalized spacial score (nSPS) is 17.1. The van der Waals surface area contributed by atoms with Gasteiger partial charge < -0.3 is 5.32 Å². The molecule has 1 aliphatic heterocycles. The van der Waals surface area contributed by atoms with Crippen LogP contribution in [0.4, 0.5) is 5.82 Å². The van der Waals surface area contributed by atoms with Gasteiger partial charge >= 0.3 is 0 Å². The lowest BCUT2D eigenvalue weighted by Crippen LogP contribution is -2.27. The summed E-state index contributed by atoms with van der Waals surface area (Å²) in [6.45, 7) is 8.02. The van der Waals surface area contributed by atoms with E-state index in [0.717, 1.165) is 16.8 Å². The molecule has 6 heteroatoms. The van der Waals surface area contributed by atoms with E-state index in [9.17, 15) is 9.00 Å². The van der Waals surface area contributed by atoms with Gasteiger partial charge in [-0.3, -0.25) is 9.00 Å². The van der Waals surface area contributed by atoms with Crippen LogP contribution in [-0.4, -0.2) is 19.9 Å². The van der Waals surface area contributed by atoms with Gasteiger partial charge in [-0.15, -0.1) is 0 Å². The van der Waals surface area contributed by atoms with Crippen molar-refractivity contribution in [3.63, 3.8) is 0 Å². The van der Waals surface area contributed by atoms with Crippen molar-refractivity contribution < 1.29 is 9.00 Å². The Labute approximate surface area is 138 Å². The molecule has 1 N–H and O–H groups in total. The van der Waals surface area contributed by atoms with Crippen LogP contribution in [0.5, 0.6) is 0 Å². The van der Waals surface area contributed by atoms with E-state index in [1.165, 1.54) is 0 Å². The quantitative estimate of drug-likeness (QED) is 0.920. The molecule has 0 aliphatic carbocycles. The first-order valence-electron chi connectivity index (χ1n) is 7.60. The maximum Gasteiger partial charge on any atom is 0.257 e. The van der Waals surface area contributed by atoms with Gasteiger partial charge in [0.1, 0.15) is 5.82 Å². The minimum absolute atomic E-state index is 0.158. The Morgan fingerprint density at radius 1 is 1.26 bits per heavy atom. The van der Waals surface area contributed by atoms with Crippen molar-refractivity contribution in [2.45, 2.75) is 44.7 Å². The number of carbonyl (C=O) groups is 1. The molecule has 23 heavy (non-hydrogen) atoms. The lowest BCUT2D eigenvalue weighted by molar-refractivity contribution is 0.102. The van der Waals surface area contributed by atoms with Crippen molar-refractivity contribution in [1.82, 2.24) is 9.78 Å². The number of hydrogen-bond donors (Lipinski definition) is 1. The van der Waals surface area contributed by atoms with Gasteiger partial charge in [0.25, 0.3) is 5.91 Å². The van der Waals surface area contributed by atoms with Gasteiger partial charge in [0.2, 0.25) is 0 Å². The molecule has 1 aromatic heterocycles. The molecular formula is C17H21N3O2S. The molecular weight excluding hydrogens is 310 g/mol. The van der Waals surface area contributed by atoms with E-state index in [4.69, 9.17) is 0 Å². The van der Waals surface area contributed by atoms with Crippen LogP contribution >= 0.6 is 0 Å². The topological polar surface area (TPSA) is 64.0 Å². The van der Waals surface area contributed by atoms with E-state index < -0.39 is 10.8 Å². The highest BCUT2D eigenvalue weighted by Crippen LogP contribution is 2.33. The van der Waals surface area contributed by atoms with Gasteiger partial charge in [-0.05, 0) is 39.3 Å². The number of anilines is 1. The Hall–Kier alpha value is -1.95. The molecule has 3 rings (SSSR count). The number of nitrogens with one attached hydrogen (secondary N) is 1. The maximum absolute atomic E-state index is 12.7. The number of nitrogens with zero attached hydrogens (tertiary/aromatic N) is 2. The second-order valence-electron chi connectivity index (χ2n) is 6.85. The van der Waals surface area contributed by atoms with Crippen LogP contribution in [0.2, 0.25) is 0 Å². The summed E-state index contributed by atoms with van der Waals surface area (Å²) in [7, 11) is -0.924. The number of carbonyl (C=O) groups excluding carboxylic acids is 1. The third-order valence-electron chi connectivity index (χ3n) is 3.93. The van der Waals surface area contributed by atoms with Crippen molar-refractivity contribution >= 4 is 22.5 Å². The predicted octanol–water partition coefficient (Wildman–Crippen LogP) is 2.96. The summed E-state index contributed by atoms with van der Waals surface area (Å²) in [4.78, 5) is 12.7. The Morgan fingerprint density at radius 3 is 2.61 bits per heavy atom. The minimum Gasteiger partial charge on any atom is -0.306 e. The van der Waals surface area contributed by atoms with E-state index in [-0.39, 0.29) is 11.4 Å². The average molecular weight is 331 g/mol. The lowest BCUT2D eigenvalue weighted by Gasteiger charge is -2.23. The average Bonchev–Trinajstić information content (AvgIpc) is 2.96. The minimum atomic E-state index is -0.924. The fourth-order valence-corrected chi connectivity index (χ4v) is 4.01. The smallest absolute Gasteiger partial charge is 0.257 e. The summed E-state index contributed by atoms with van der Waals surface area (Å²) in [6.07, 6.45) is 0. The molecule has 0 saturated carbocycles. The van der Waals surface area contributed by atoms with E-state index in [1.54, 1.807) is 6.07 Å². The molecule has 1 amide bonds. The van der Waals surface area contributed by atoms with Gasteiger partial charge in [0, 0.05) is 21.9 Å². The summed E-state index contributed by atoms with van der Waals surface area (Å²) in [6, 6.07) is 7.48. The molecule has 1 aromatic carbocycles. The molecule has 0 saturated heterocycles. The number of aryl methyl sites for hydroxylation is 1. The van der Waals surface area contributed by atoms with E-state index in [2.05, 4.69) is 10.4 Å². The Balaban J connectivity index is 2.01. The van der Waals surface area contributed by atoms with Crippen molar-refractivity contribution in [1.29, 1.82) is 0 Å². The Bertz CT molecular complexity index is 803. The zero-order chi connectivity index (χ0) is 16.8. The first-order chi connectivity index (χ1) is 10.8. The fourth-order valence-electron chi connectivity index (χ4n) is 2.74. The predicted molar refractivity (Wildman–Crippen MR) is 91.9 cm³/mol. The number of fused-ring (bicyclic) bond motifs is 1. The monoisotopic (exact) mass is 331 g/mol. The van der Waals surface area contributed by atoms with E-state index >= 15 is 0 Å². The third-order valence-corrected chi connectivity index (χ3v) is 5.13. The van der Waals surface area contributed by atoms with Crippen LogP contribution in [0.1, 0.15) is 48.0 Å².